The maximum absolute atomic E-state index is 11.3. The van der Waals surface area contributed by atoms with Crippen molar-refractivity contribution in [3.63, 3.8) is 0 Å². The molecule has 62 valence electrons. The Bertz CT molecular complexity index is 347. The molecular weight excluding hydrogens is 168 g/mol. The fourth-order valence-electron chi connectivity index (χ4n) is 2.02. The monoisotopic (exact) mass is 178 g/mol. The molecule has 0 unspecified atom stereocenters. The first-order valence-electron chi connectivity index (χ1n) is 4.31. The smallest absolute Gasteiger partial charge is 0.0492 e. The van der Waals surface area contributed by atoms with Crippen molar-refractivity contribution in [2.75, 3.05) is 0 Å². The second kappa shape index (κ2) is 2.19. The van der Waals surface area contributed by atoms with Gasteiger partial charge in [0.1, 0.15) is 0 Å². The average molecular weight is 178 g/mol. The van der Waals surface area contributed by atoms with E-state index < -0.39 is 10.8 Å². The van der Waals surface area contributed by atoms with Gasteiger partial charge in [-0.3, -0.25) is 4.21 Å². The van der Waals surface area contributed by atoms with Crippen molar-refractivity contribution in [1.82, 2.24) is 0 Å². The van der Waals surface area contributed by atoms with E-state index >= 15 is 0 Å². The summed E-state index contributed by atoms with van der Waals surface area (Å²) in [4.78, 5) is 0. The summed E-state index contributed by atoms with van der Waals surface area (Å²) in [5.41, 5.74) is 5.67. The van der Waals surface area contributed by atoms with E-state index in [4.69, 9.17) is 0 Å². The third-order valence-electron chi connectivity index (χ3n) is 2.82. The Balaban J connectivity index is 2.19. The molecule has 1 aliphatic heterocycles. The van der Waals surface area contributed by atoms with Crippen LogP contribution in [0.3, 0.4) is 0 Å². The molecule has 0 bridgehead atoms. The van der Waals surface area contributed by atoms with Gasteiger partial charge in [-0.05, 0) is 35.1 Å². The van der Waals surface area contributed by atoms with E-state index in [0.717, 1.165) is 11.5 Å². The van der Waals surface area contributed by atoms with Gasteiger partial charge in [0.15, 0.2) is 0 Å². The maximum Gasteiger partial charge on any atom is 0.0492 e. The van der Waals surface area contributed by atoms with Gasteiger partial charge in [-0.25, -0.2) is 0 Å². The lowest BCUT2D eigenvalue weighted by molar-refractivity contribution is 0.684. The zero-order valence-electron chi connectivity index (χ0n) is 6.80. The van der Waals surface area contributed by atoms with Crippen LogP contribution in [0, 0.1) is 0 Å². The maximum atomic E-state index is 11.3. The van der Waals surface area contributed by atoms with Crippen LogP contribution in [0.4, 0.5) is 0 Å². The molecule has 2 heteroatoms. The molecule has 0 N–H and O–H groups in total. The molecule has 0 radical (unpaired) electrons. The molecule has 0 saturated heterocycles. The average Bonchev–Trinajstić information content (AvgIpc) is 2.34. The van der Waals surface area contributed by atoms with Gasteiger partial charge < -0.3 is 0 Å². The standard InChI is InChI=1S/C10H10OS/c11-12-5-9-3-7-1-2-8(7)4-10(9)6-12/h3-4H,1-2,5-6H2. The zero-order valence-corrected chi connectivity index (χ0v) is 7.62. The SMILES string of the molecule is O=S1Cc2cc3c(cc2C1)CC3. The molecular formula is C10H10OS. The van der Waals surface area contributed by atoms with Crippen LogP contribution in [0.2, 0.25) is 0 Å². The molecule has 2 aliphatic rings. The van der Waals surface area contributed by atoms with Gasteiger partial charge in [0, 0.05) is 22.3 Å². The van der Waals surface area contributed by atoms with Crippen molar-refractivity contribution >= 4 is 10.8 Å². The van der Waals surface area contributed by atoms with Gasteiger partial charge in [-0.2, -0.15) is 0 Å². The van der Waals surface area contributed by atoms with Crippen molar-refractivity contribution in [2.24, 2.45) is 0 Å². The third-order valence-corrected chi connectivity index (χ3v) is 4.08. The van der Waals surface area contributed by atoms with Gasteiger partial charge in [0.25, 0.3) is 0 Å². The summed E-state index contributed by atoms with van der Waals surface area (Å²) < 4.78 is 11.3. The lowest BCUT2D eigenvalue weighted by atomic mass is 9.85. The van der Waals surface area contributed by atoms with Gasteiger partial charge in [0.05, 0.1) is 0 Å². The summed E-state index contributed by atoms with van der Waals surface area (Å²) in [5, 5.41) is 0. The number of benzene rings is 1. The fraction of sp³-hybridized carbons (Fsp3) is 0.400. The summed E-state index contributed by atoms with van der Waals surface area (Å²) in [6.45, 7) is 0. The van der Waals surface area contributed by atoms with E-state index in [1.165, 1.54) is 35.1 Å². The third kappa shape index (κ3) is 0.816. The predicted octanol–water partition coefficient (Wildman–Crippen LogP) is 1.55. The van der Waals surface area contributed by atoms with E-state index in [-0.39, 0.29) is 0 Å². The van der Waals surface area contributed by atoms with Crippen LogP contribution in [0.1, 0.15) is 22.3 Å². The van der Waals surface area contributed by atoms with Crippen LogP contribution >= 0.6 is 0 Å². The van der Waals surface area contributed by atoms with E-state index in [9.17, 15) is 4.21 Å². The molecule has 3 rings (SSSR count). The summed E-state index contributed by atoms with van der Waals surface area (Å²) in [6, 6.07) is 4.53. The normalized spacial score (nSPS) is 20.0. The number of aryl methyl sites for hydroxylation is 2. The fourth-order valence-corrected chi connectivity index (χ4v) is 3.35. The first-order chi connectivity index (χ1) is 5.83. The molecule has 0 saturated carbocycles. The highest BCUT2D eigenvalue weighted by atomic mass is 32.2. The lowest BCUT2D eigenvalue weighted by Gasteiger charge is -2.19. The van der Waals surface area contributed by atoms with Crippen LogP contribution in [0.5, 0.6) is 0 Å². The molecule has 0 fully saturated rings. The minimum atomic E-state index is -0.608. The van der Waals surface area contributed by atoms with Crippen molar-refractivity contribution in [2.45, 2.75) is 24.3 Å². The van der Waals surface area contributed by atoms with Crippen LogP contribution in [-0.4, -0.2) is 4.21 Å². The minimum Gasteiger partial charge on any atom is -0.259 e. The van der Waals surface area contributed by atoms with Gasteiger partial charge >= 0.3 is 0 Å². The Morgan fingerprint density at radius 2 is 1.42 bits per heavy atom. The van der Waals surface area contributed by atoms with Crippen LogP contribution < -0.4 is 0 Å². The topological polar surface area (TPSA) is 17.1 Å². The number of fused-ring (bicyclic) bond motifs is 2. The molecule has 12 heavy (non-hydrogen) atoms. The highest BCUT2D eigenvalue weighted by molar-refractivity contribution is 7.83. The van der Waals surface area contributed by atoms with E-state index in [0.29, 0.717) is 0 Å². The molecule has 1 aromatic rings. The molecule has 1 heterocycles. The molecule has 1 nitrogen and oxygen atoms in total. The number of hydrogen-bond donors (Lipinski definition) is 0. The Morgan fingerprint density at radius 1 is 0.917 bits per heavy atom. The quantitative estimate of drug-likeness (QED) is 0.589. The molecule has 0 amide bonds. The number of rotatable bonds is 0. The highest BCUT2D eigenvalue weighted by Gasteiger charge is 2.22. The second-order valence-electron chi connectivity index (χ2n) is 3.62. The number of hydrogen-bond acceptors (Lipinski definition) is 1. The van der Waals surface area contributed by atoms with Crippen LogP contribution in [0.25, 0.3) is 0 Å². The largest absolute Gasteiger partial charge is 0.259 e. The Kier molecular flexibility index (Phi) is 1.25. The lowest BCUT2D eigenvalue weighted by Crippen LogP contribution is -2.09. The Morgan fingerprint density at radius 3 is 1.83 bits per heavy atom. The molecule has 1 aromatic carbocycles. The molecule has 1 aliphatic carbocycles. The van der Waals surface area contributed by atoms with Crippen molar-refractivity contribution in [1.29, 1.82) is 0 Å². The predicted molar refractivity (Wildman–Crippen MR) is 49.4 cm³/mol. The van der Waals surface area contributed by atoms with Crippen LogP contribution in [-0.2, 0) is 35.1 Å². The van der Waals surface area contributed by atoms with Gasteiger partial charge in [0.2, 0.25) is 0 Å². The van der Waals surface area contributed by atoms with Gasteiger partial charge in [-0.15, -0.1) is 0 Å². The summed E-state index contributed by atoms with van der Waals surface area (Å²) >= 11 is 0. The summed E-state index contributed by atoms with van der Waals surface area (Å²) in [5.74, 6) is 1.59. The van der Waals surface area contributed by atoms with Gasteiger partial charge in [-0.1, -0.05) is 12.1 Å². The van der Waals surface area contributed by atoms with Crippen molar-refractivity contribution in [3.8, 4) is 0 Å². The van der Waals surface area contributed by atoms with Crippen molar-refractivity contribution < 1.29 is 4.21 Å². The van der Waals surface area contributed by atoms with E-state index in [1.807, 2.05) is 0 Å². The first kappa shape index (κ1) is 6.84. The highest BCUT2D eigenvalue weighted by Crippen LogP contribution is 2.31. The van der Waals surface area contributed by atoms with Crippen molar-refractivity contribution in [3.05, 3.63) is 34.4 Å². The Hall–Kier alpha value is -0.630. The van der Waals surface area contributed by atoms with E-state index in [2.05, 4.69) is 12.1 Å². The summed E-state index contributed by atoms with van der Waals surface area (Å²) in [7, 11) is -0.608. The minimum absolute atomic E-state index is 0.608. The second-order valence-corrected chi connectivity index (χ2v) is 5.08. The molecule has 0 spiro atoms. The van der Waals surface area contributed by atoms with Crippen LogP contribution in [0.15, 0.2) is 12.1 Å². The Labute approximate surface area is 74.3 Å². The van der Waals surface area contributed by atoms with E-state index in [1.54, 1.807) is 0 Å². The molecule has 0 atom stereocenters. The molecule has 0 aromatic heterocycles. The summed E-state index contributed by atoms with van der Waals surface area (Å²) in [6.07, 6.45) is 2.46. The first-order valence-corrected chi connectivity index (χ1v) is 5.80. The zero-order chi connectivity index (χ0) is 8.13.